The van der Waals surface area contributed by atoms with Crippen molar-refractivity contribution >= 4 is 29.3 Å². The molecule has 1 atom stereocenters. The summed E-state index contributed by atoms with van der Waals surface area (Å²) in [7, 11) is 0. The Morgan fingerprint density at radius 1 is 1.17 bits per heavy atom. The number of rotatable bonds is 7. The number of hydrogen-bond acceptors (Lipinski definition) is 3. The number of carbonyl (C=O) groups is 1. The van der Waals surface area contributed by atoms with E-state index in [1.165, 1.54) is 6.20 Å². The van der Waals surface area contributed by atoms with E-state index < -0.39 is 12.7 Å². The van der Waals surface area contributed by atoms with Gasteiger partial charge in [0.05, 0.1) is 23.7 Å². The summed E-state index contributed by atoms with van der Waals surface area (Å²) in [6, 6.07) is 15.5. The fraction of sp³-hybridized carbons (Fsp3) is 0.238. The second-order valence-corrected chi connectivity index (χ2v) is 8.00. The molecule has 9 heteroatoms. The molecule has 1 aromatic heterocycles. The van der Waals surface area contributed by atoms with Crippen LogP contribution in [-0.4, -0.2) is 27.4 Å². The summed E-state index contributed by atoms with van der Waals surface area (Å²) in [4.78, 5) is 16.5. The molecule has 0 saturated heterocycles. The molecule has 1 heterocycles. The van der Waals surface area contributed by atoms with Gasteiger partial charge in [0, 0.05) is 5.02 Å². The molecule has 158 valence electrons. The summed E-state index contributed by atoms with van der Waals surface area (Å²) < 4.78 is 40.5. The van der Waals surface area contributed by atoms with Crippen molar-refractivity contribution in [3.8, 4) is 11.3 Å². The molecule has 0 spiro atoms. The van der Waals surface area contributed by atoms with E-state index in [0.29, 0.717) is 16.3 Å². The summed E-state index contributed by atoms with van der Waals surface area (Å²) in [5.74, 6) is -0.355. The van der Waals surface area contributed by atoms with Gasteiger partial charge in [-0.1, -0.05) is 65.8 Å². The van der Waals surface area contributed by atoms with E-state index in [-0.39, 0.29) is 22.9 Å². The van der Waals surface area contributed by atoms with Crippen LogP contribution in [0.2, 0.25) is 5.02 Å². The molecule has 0 aliphatic heterocycles. The first-order valence-corrected chi connectivity index (χ1v) is 10.4. The van der Waals surface area contributed by atoms with E-state index in [1.807, 2.05) is 19.1 Å². The Bertz CT molecular complexity index is 991. The number of aromatic nitrogens is 2. The second kappa shape index (κ2) is 9.57. The van der Waals surface area contributed by atoms with Gasteiger partial charge in [-0.2, -0.15) is 13.2 Å². The van der Waals surface area contributed by atoms with Crippen LogP contribution in [0.4, 0.5) is 13.2 Å². The summed E-state index contributed by atoms with van der Waals surface area (Å²) in [6.07, 6.45) is -3.01. The Labute approximate surface area is 181 Å². The summed E-state index contributed by atoms with van der Waals surface area (Å²) in [5.41, 5.74) is 1.86. The molecule has 0 saturated carbocycles. The molecule has 3 aromatic rings. The summed E-state index contributed by atoms with van der Waals surface area (Å²) in [5, 5.41) is 3.57. The molecule has 3 rings (SSSR count). The molecule has 0 aliphatic carbocycles. The Morgan fingerprint density at radius 3 is 2.47 bits per heavy atom. The lowest BCUT2D eigenvalue weighted by Crippen LogP contribution is -2.28. The highest BCUT2D eigenvalue weighted by molar-refractivity contribution is 7.99. The van der Waals surface area contributed by atoms with Crippen molar-refractivity contribution in [2.45, 2.75) is 30.8 Å². The first kappa shape index (κ1) is 22.2. The molecule has 1 unspecified atom stereocenters. The molecule has 4 nitrogen and oxygen atoms in total. The van der Waals surface area contributed by atoms with Crippen molar-refractivity contribution in [3.63, 3.8) is 0 Å². The Balaban J connectivity index is 1.70. The van der Waals surface area contributed by atoms with Gasteiger partial charge < -0.3 is 9.88 Å². The maximum atomic E-state index is 13.1. The van der Waals surface area contributed by atoms with Gasteiger partial charge in [0.15, 0.2) is 5.16 Å². The second-order valence-electron chi connectivity index (χ2n) is 6.62. The van der Waals surface area contributed by atoms with E-state index >= 15 is 0 Å². The lowest BCUT2D eigenvalue weighted by Gasteiger charge is -2.16. The average molecular weight is 454 g/mol. The third-order valence-electron chi connectivity index (χ3n) is 4.31. The maximum absolute atomic E-state index is 13.1. The number of halogens is 4. The molecule has 0 radical (unpaired) electrons. The lowest BCUT2D eigenvalue weighted by atomic mass is 10.1. The normalized spacial score (nSPS) is 12.6. The minimum atomic E-state index is -4.41. The molecule has 1 amide bonds. The number of benzene rings is 2. The third kappa shape index (κ3) is 6.03. The van der Waals surface area contributed by atoms with Crippen LogP contribution in [-0.2, 0) is 11.3 Å². The van der Waals surface area contributed by atoms with E-state index in [0.717, 1.165) is 21.9 Å². The van der Waals surface area contributed by atoms with Crippen LogP contribution in [0.5, 0.6) is 0 Å². The third-order valence-corrected chi connectivity index (χ3v) is 5.55. The van der Waals surface area contributed by atoms with Gasteiger partial charge in [-0.15, -0.1) is 0 Å². The number of nitrogens with one attached hydrogen (secondary N) is 1. The standard InChI is InChI=1S/C21H19ClF3N3OS/c1-14(15-7-9-17(22)10-8-15)27-19(29)12-30-20-26-11-18(16-5-3-2-4-6-16)28(20)13-21(23,24)25/h2-11,14H,12-13H2,1H3,(H,27,29). The predicted molar refractivity (Wildman–Crippen MR) is 112 cm³/mol. The van der Waals surface area contributed by atoms with Crippen molar-refractivity contribution in [1.29, 1.82) is 0 Å². The van der Waals surface area contributed by atoms with Gasteiger partial charge in [0.25, 0.3) is 0 Å². The largest absolute Gasteiger partial charge is 0.406 e. The van der Waals surface area contributed by atoms with Crippen LogP contribution >= 0.6 is 23.4 Å². The van der Waals surface area contributed by atoms with Crippen LogP contribution in [0.25, 0.3) is 11.3 Å². The molecule has 0 bridgehead atoms. The van der Waals surface area contributed by atoms with Crippen LogP contribution in [0.15, 0.2) is 66.0 Å². The molecule has 2 aromatic carbocycles. The SMILES string of the molecule is CC(NC(=O)CSc1ncc(-c2ccccc2)n1CC(F)(F)F)c1ccc(Cl)cc1. The van der Waals surface area contributed by atoms with Crippen LogP contribution in [0, 0.1) is 0 Å². The minimum Gasteiger partial charge on any atom is -0.349 e. The zero-order valence-electron chi connectivity index (χ0n) is 16.0. The number of hydrogen-bond donors (Lipinski definition) is 1. The van der Waals surface area contributed by atoms with E-state index in [9.17, 15) is 18.0 Å². The predicted octanol–water partition coefficient (Wildman–Crippen LogP) is 5.74. The summed E-state index contributed by atoms with van der Waals surface area (Å²) in [6.45, 7) is 0.645. The summed E-state index contributed by atoms with van der Waals surface area (Å²) >= 11 is 6.84. The van der Waals surface area contributed by atoms with Crippen molar-refractivity contribution in [2.24, 2.45) is 0 Å². The Kier molecular flexibility index (Phi) is 7.10. The molecule has 30 heavy (non-hydrogen) atoms. The first-order valence-electron chi connectivity index (χ1n) is 9.08. The zero-order chi connectivity index (χ0) is 21.7. The fourth-order valence-corrected chi connectivity index (χ4v) is 3.81. The molecule has 0 aliphatic rings. The average Bonchev–Trinajstić information content (AvgIpc) is 3.08. The smallest absolute Gasteiger partial charge is 0.349 e. The number of carbonyl (C=O) groups excluding carboxylic acids is 1. The van der Waals surface area contributed by atoms with Gasteiger partial charge >= 0.3 is 6.18 Å². The number of imidazole rings is 1. The number of thioether (sulfide) groups is 1. The first-order chi connectivity index (χ1) is 14.2. The lowest BCUT2D eigenvalue weighted by molar-refractivity contribution is -0.141. The van der Waals surface area contributed by atoms with E-state index in [1.54, 1.807) is 42.5 Å². The highest BCUT2D eigenvalue weighted by atomic mass is 35.5. The highest BCUT2D eigenvalue weighted by Gasteiger charge is 2.31. The van der Waals surface area contributed by atoms with Crippen molar-refractivity contribution < 1.29 is 18.0 Å². The minimum absolute atomic E-state index is 0.0545. The van der Waals surface area contributed by atoms with Crippen LogP contribution in [0.3, 0.4) is 0 Å². The van der Waals surface area contributed by atoms with Crippen LogP contribution in [0.1, 0.15) is 18.5 Å². The van der Waals surface area contributed by atoms with Crippen molar-refractivity contribution in [2.75, 3.05) is 5.75 Å². The van der Waals surface area contributed by atoms with Crippen molar-refractivity contribution in [3.05, 3.63) is 71.4 Å². The van der Waals surface area contributed by atoms with E-state index in [2.05, 4.69) is 10.3 Å². The topological polar surface area (TPSA) is 46.9 Å². The van der Waals surface area contributed by atoms with E-state index in [4.69, 9.17) is 11.6 Å². The van der Waals surface area contributed by atoms with Gasteiger partial charge in [-0.05, 0) is 30.2 Å². The monoisotopic (exact) mass is 453 g/mol. The van der Waals surface area contributed by atoms with Gasteiger partial charge in [0.2, 0.25) is 5.91 Å². The number of amides is 1. The molecule has 0 fully saturated rings. The number of nitrogens with zero attached hydrogens (tertiary/aromatic N) is 2. The van der Waals surface area contributed by atoms with Gasteiger partial charge in [-0.25, -0.2) is 4.98 Å². The molecular formula is C21H19ClF3N3OS. The van der Waals surface area contributed by atoms with Gasteiger partial charge in [-0.3, -0.25) is 4.79 Å². The molecular weight excluding hydrogens is 435 g/mol. The van der Waals surface area contributed by atoms with Crippen molar-refractivity contribution in [1.82, 2.24) is 14.9 Å². The maximum Gasteiger partial charge on any atom is 0.406 e. The zero-order valence-corrected chi connectivity index (χ0v) is 17.6. The Morgan fingerprint density at radius 2 is 1.83 bits per heavy atom. The number of alkyl halides is 3. The highest BCUT2D eigenvalue weighted by Crippen LogP contribution is 2.30. The quantitative estimate of drug-likeness (QED) is 0.464. The molecule has 1 N–H and O–H groups in total. The Hall–Kier alpha value is -2.45. The van der Waals surface area contributed by atoms with Crippen LogP contribution < -0.4 is 5.32 Å². The fourth-order valence-electron chi connectivity index (χ4n) is 2.89. The van der Waals surface area contributed by atoms with Gasteiger partial charge in [0.1, 0.15) is 6.54 Å².